The molecule has 0 aliphatic carbocycles. The molecular formula is C10H9BrN4. The first-order valence-corrected chi connectivity index (χ1v) is 5.16. The van der Waals surface area contributed by atoms with Gasteiger partial charge in [-0.05, 0) is 28.9 Å². The largest absolute Gasteiger partial charge is 0.396 e. The summed E-state index contributed by atoms with van der Waals surface area (Å²) in [6.45, 7) is 1.85. The molecule has 2 N–H and O–H groups in total. The summed E-state index contributed by atoms with van der Waals surface area (Å²) in [5, 5.41) is 0. The number of rotatable bonds is 1. The fourth-order valence-corrected chi connectivity index (χ4v) is 1.51. The van der Waals surface area contributed by atoms with Crippen LogP contribution in [0.15, 0.2) is 29.1 Å². The quantitative estimate of drug-likeness (QED) is 0.858. The fraction of sp³-hybridized carbons (Fsp3) is 0.100. The van der Waals surface area contributed by atoms with E-state index < -0.39 is 0 Å². The number of pyridine rings is 1. The van der Waals surface area contributed by atoms with Crippen LogP contribution in [0.2, 0.25) is 0 Å². The second kappa shape index (κ2) is 3.94. The second-order valence-corrected chi connectivity index (χ2v) is 4.04. The number of nitrogen functional groups attached to an aromatic ring is 1. The molecule has 2 heterocycles. The first-order valence-electron chi connectivity index (χ1n) is 4.37. The van der Waals surface area contributed by atoms with Crippen LogP contribution in [-0.2, 0) is 0 Å². The molecule has 0 atom stereocenters. The number of hydrogen-bond acceptors (Lipinski definition) is 4. The third kappa shape index (κ3) is 2.12. The molecule has 15 heavy (non-hydrogen) atoms. The molecule has 0 aromatic carbocycles. The molecule has 2 aromatic rings. The molecule has 0 unspecified atom stereocenters. The number of nitrogens with zero attached hydrogens (tertiary/aromatic N) is 3. The van der Waals surface area contributed by atoms with Crippen molar-refractivity contribution in [3.8, 4) is 11.4 Å². The van der Waals surface area contributed by atoms with E-state index in [1.165, 1.54) is 0 Å². The minimum absolute atomic E-state index is 0.599. The topological polar surface area (TPSA) is 64.7 Å². The van der Waals surface area contributed by atoms with Gasteiger partial charge in [-0.15, -0.1) is 0 Å². The average molecular weight is 265 g/mol. The molecule has 0 fully saturated rings. The van der Waals surface area contributed by atoms with Gasteiger partial charge in [0.05, 0.1) is 17.6 Å². The lowest BCUT2D eigenvalue weighted by Crippen LogP contribution is -1.97. The SMILES string of the molecule is Cc1nc(-c2cncc(Br)c2)ncc1N. The van der Waals surface area contributed by atoms with Crippen LogP contribution in [0.25, 0.3) is 11.4 Å². The Morgan fingerprint density at radius 1 is 1.27 bits per heavy atom. The molecular weight excluding hydrogens is 256 g/mol. The van der Waals surface area contributed by atoms with Gasteiger partial charge in [0.25, 0.3) is 0 Å². The molecule has 0 saturated heterocycles. The Kier molecular flexibility index (Phi) is 2.64. The van der Waals surface area contributed by atoms with Crippen LogP contribution in [0, 0.1) is 6.92 Å². The molecule has 76 valence electrons. The van der Waals surface area contributed by atoms with Gasteiger partial charge in [0.15, 0.2) is 5.82 Å². The third-order valence-corrected chi connectivity index (χ3v) is 2.41. The molecule has 2 rings (SSSR count). The van der Waals surface area contributed by atoms with Crippen LogP contribution < -0.4 is 5.73 Å². The molecule has 0 aliphatic rings. The highest BCUT2D eigenvalue weighted by molar-refractivity contribution is 9.10. The van der Waals surface area contributed by atoms with Crippen molar-refractivity contribution in [2.75, 3.05) is 5.73 Å². The Morgan fingerprint density at radius 2 is 2.07 bits per heavy atom. The summed E-state index contributed by atoms with van der Waals surface area (Å²) in [6.07, 6.45) is 5.04. The molecule has 0 spiro atoms. The monoisotopic (exact) mass is 264 g/mol. The van der Waals surface area contributed by atoms with E-state index in [2.05, 4.69) is 30.9 Å². The Balaban J connectivity index is 2.50. The maximum atomic E-state index is 5.65. The lowest BCUT2D eigenvalue weighted by molar-refractivity contribution is 1.11. The molecule has 0 bridgehead atoms. The smallest absolute Gasteiger partial charge is 0.161 e. The van der Waals surface area contributed by atoms with Crippen molar-refractivity contribution < 1.29 is 0 Å². The number of aryl methyl sites for hydroxylation is 1. The summed E-state index contributed by atoms with van der Waals surface area (Å²) in [5.41, 5.74) is 7.89. The zero-order chi connectivity index (χ0) is 10.8. The minimum Gasteiger partial charge on any atom is -0.396 e. The summed E-state index contributed by atoms with van der Waals surface area (Å²) >= 11 is 3.35. The summed E-state index contributed by atoms with van der Waals surface area (Å²) in [7, 11) is 0. The minimum atomic E-state index is 0.599. The van der Waals surface area contributed by atoms with Crippen molar-refractivity contribution in [2.45, 2.75) is 6.92 Å². The van der Waals surface area contributed by atoms with Crippen molar-refractivity contribution in [3.05, 3.63) is 34.8 Å². The van der Waals surface area contributed by atoms with Gasteiger partial charge in [-0.1, -0.05) is 0 Å². The van der Waals surface area contributed by atoms with E-state index >= 15 is 0 Å². The Bertz CT molecular complexity index is 499. The van der Waals surface area contributed by atoms with Gasteiger partial charge in [0.1, 0.15) is 0 Å². The van der Waals surface area contributed by atoms with Crippen LogP contribution in [-0.4, -0.2) is 15.0 Å². The zero-order valence-electron chi connectivity index (χ0n) is 8.11. The summed E-state index contributed by atoms with van der Waals surface area (Å²) in [4.78, 5) is 12.5. The van der Waals surface area contributed by atoms with E-state index in [4.69, 9.17) is 5.73 Å². The Hall–Kier alpha value is -1.49. The lowest BCUT2D eigenvalue weighted by atomic mass is 10.2. The van der Waals surface area contributed by atoms with Crippen LogP contribution in [0.1, 0.15) is 5.69 Å². The fourth-order valence-electron chi connectivity index (χ4n) is 1.15. The molecule has 5 heteroatoms. The predicted octanol–water partition coefficient (Wildman–Crippen LogP) is 2.19. The highest BCUT2D eigenvalue weighted by Gasteiger charge is 2.04. The molecule has 0 radical (unpaired) electrons. The highest BCUT2D eigenvalue weighted by Crippen LogP contribution is 2.19. The maximum absolute atomic E-state index is 5.65. The van der Waals surface area contributed by atoms with Crippen molar-refractivity contribution in [1.29, 1.82) is 0 Å². The standard InChI is InChI=1S/C10H9BrN4/c1-6-9(12)5-14-10(15-6)7-2-8(11)4-13-3-7/h2-5H,12H2,1H3. The van der Waals surface area contributed by atoms with Gasteiger partial charge in [-0.3, -0.25) is 4.98 Å². The van der Waals surface area contributed by atoms with E-state index in [1.807, 2.05) is 13.0 Å². The second-order valence-electron chi connectivity index (χ2n) is 3.13. The Labute approximate surface area is 95.7 Å². The normalized spacial score (nSPS) is 10.3. The van der Waals surface area contributed by atoms with Crippen LogP contribution in [0.4, 0.5) is 5.69 Å². The van der Waals surface area contributed by atoms with Gasteiger partial charge >= 0.3 is 0 Å². The predicted molar refractivity (Wildman–Crippen MR) is 62.1 cm³/mol. The van der Waals surface area contributed by atoms with E-state index in [9.17, 15) is 0 Å². The lowest BCUT2D eigenvalue weighted by Gasteiger charge is -2.03. The molecule has 0 amide bonds. The third-order valence-electron chi connectivity index (χ3n) is 1.98. The number of nitrogens with two attached hydrogens (primary N) is 1. The number of anilines is 1. The van der Waals surface area contributed by atoms with E-state index in [0.717, 1.165) is 15.7 Å². The maximum Gasteiger partial charge on any atom is 0.161 e. The van der Waals surface area contributed by atoms with Gasteiger partial charge in [-0.25, -0.2) is 9.97 Å². The molecule has 0 aliphatic heterocycles. The number of aromatic nitrogens is 3. The van der Waals surface area contributed by atoms with Crippen molar-refractivity contribution in [1.82, 2.24) is 15.0 Å². The molecule has 0 saturated carbocycles. The van der Waals surface area contributed by atoms with Gasteiger partial charge < -0.3 is 5.73 Å². The Morgan fingerprint density at radius 3 is 2.73 bits per heavy atom. The van der Waals surface area contributed by atoms with Crippen molar-refractivity contribution >= 4 is 21.6 Å². The van der Waals surface area contributed by atoms with Crippen LogP contribution in [0.5, 0.6) is 0 Å². The van der Waals surface area contributed by atoms with E-state index in [-0.39, 0.29) is 0 Å². The zero-order valence-corrected chi connectivity index (χ0v) is 9.69. The van der Waals surface area contributed by atoms with Crippen molar-refractivity contribution in [2.24, 2.45) is 0 Å². The first kappa shape index (κ1) is 10.0. The molecule has 4 nitrogen and oxygen atoms in total. The van der Waals surface area contributed by atoms with Gasteiger partial charge in [0, 0.05) is 22.4 Å². The van der Waals surface area contributed by atoms with Crippen molar-refractivity contribution in [3.63, 3.8) is 0 Å². The first-order chi connectivity index (χ1) is 7.16. The average Bonchev–Trinajstić information content (AvgIpc) is 2.22. The van der Waals surface area contributed by atoms with E-state index in [0.29, 0.717) is 11.5 Å². The van der Waals surface area contributed by atoms with Crippen LogP contribution in [0.3, 0.4) is 0 Å². The van der Waals surface area contributed by atoms with Gasteiger partial charge in [0.2, 0.25) is 0 Å². The highest BCUT2D eigenvalue weighted by atomic mass is 79.9. The summed E-state index contributed by atoms with van der Waals surface area (Å²) in [6, 6.07) is 1.91. The number of hydrogen-bond donors (Lipinski definition) is 1. The van der Waals surface area contributed by atoms with Gasteiger partial charge in [-0.2, -0.15) is 0 Å². The number of halogens is 1. The van der Waals surface area contributed by atoms with Crippen LogP contribution >= 0.6 is 15.9 Å². The molecule has 2 aromatic heterocycles. The summed E-state index contributed by atoms with van der Waals surface area (Å²) < 4.78 is 0.901. The summed E-state index contributed by atoms with van der Waals surface area (Å²) in [5.74, 6) is 0.635. The van der Waals surface area contributed by atoms with E-state index in [1.54, 1.807) is 18.6 Å².